The highest BCUT2D eigenvalue weighted by Crippen LogP contribution is 1.76. The van der Waals surface area contributed by atoms with Gasteiger partial charge in [0, 0.05) is 6.04 Å². The smallest absolute Gasteiger partial charge is 0.00103 e. The number of hydrogen-bond acceptors (Lipinski definition) is 1. The molecule has 0 aromatic rings. The molecule has 0 atom stereocenters. The molecule has 0 radical (unpaired) electrons. The fourth-order valence-corrected chi connectivity index (χ4v) is 0.433. The summed E-state index contributed by atoms with van der Waals surface area (Å²) in [5, 5.41) is 3.30. The Morgan fingerprint density at radius 1 is 1.38 bits per heavy atom. The molecule has 0 spiro atoms. The van der Waals surface area contributed by atoms with Gasteiger partial charge in [-0.15, -0.1) is 12.4 Å². The van der Waals surface area contributed by atoms with Crippen molar-refractivity contribution in [1.29, 1.82) is 0 Å². The maximum absolute atomic E-state index is 3.30. The summed E-state index contributed by atoms with van der Waals surface area (Å²) in [4.78, 5) is 0. The van der Waals surface area contributed by atoms with Crippen LogP contribution in [0.2, 0.25) is 0 Å². The molecular formula is C6H16ClN. The van der Waals surface area contributed by atoms with Crippen LogP contribution in [0.4, 0.5) is 0 Å². The number of halogens is 1. The predicted molar refractivity (Wildman–Crippen MR) is 40.7 cm³/mol. The first-order chi connectivity index (χ1) is 3.27. The van der Waals surface area contributed by atoms with Gasteiger partial charge in [0.15, 0.2) is 0 Å². The average molecular weight is 138 g/mol. The van der Waals surface area contributed by atoms with E-state index in [1.807, 2.05) is 0 Å². The Morgan fingerprint density at radius 2 is 1.88 bits per heavy atom. The third-order valence-corrected chi connectivity index (χ3v) is 0.803. The lowest BCUT2D eigenvalue weighted by Crippen LogP contribution is -2.22. The molecule has 0 aliphatic carbocycles. The second-order valence-electron chi connectivity index (χ2n) is 2.11. The van der Waals surface area contributed by atoms with Gasteiger partial charge in [-0.25, -0.2) is 0 Å². The van der Waals surface area contributed by atoms with E-state index >= 15 is 0 Å². The number of hydrogen-bond donors (Lipinski definition) is 1. The van der Waals surface area contributed by atoms with Crippen molar-refractivity contribution in [1.82, 2.24) is 5.32 Å². The summed E-state index contributed by atoms with van der Waals surface area (Å²) >= 11 is 0. The van der Waals surface area contributed by atoms with Crippen molar-refractivity contribution in [3.63, 3.8) is 0 Å². The number of rotatable bonds is 3. The first-order valence-electron chi connectivity index (χ1n) is 3.00. The second-order valence-corrected chi connectivity index (χ2v) is 2.11. The monoisotopic (exact) mass is 137 g/mol. The summed E-state index contributed by atoms with van der Waals surface area (Å²) in [6.07, 6.45) is 1.23. The highest BCUT2D eigenvalue weighted by Gasteiger charge is 1.85. The lowest BCUT2D eigenvalue weighted by molar-refractivity contribution is 0.584. The Hall–Kier alpha value is 0.250. The molecule has 0 aromatic heterocycles. The first-order valence-corrected chi connectivity index (χ1v) is 3.00. The molecule has 0 aromatic carbocycles. The summed E-state index contributed by atoms with van der Waals surface area (Å²) in [7, 11) is 0. The van der Waals surface area contributed by atoms with E-state index in [0.29, 0.717) is 6.04 Å². The Kier molecular flexibility index (Phi) is 10.1. The molecule has 0 aliphatic rings. The Morgan fingerprint density at radius 3 is 2.00 bits per heavy atom. The topological polar surface area (TPSA) is 12.0 Å². The minimum Gasteiger partial charge on any atom is -0.315 e. The van der Waals surface area contributed by atoms with Gasteiger partial charge in [0.05, 0.1) is 0 Å². The molecule has 0 saturated carbocycles. The minimum absolute atomic E-state index is 0. The van der Waals surface area contributed by atoms with Gasteiger partial charge in [-0.05, 0) is 13.0 Å². The molecule has 52 valence electrons. The van der Waals surface area contributed by atoms with Gasteiger partial charge in [-0.1, -0.05) is 20.8 Å². The lowest BCUT2D eigenvalue weighted by Gasteiger charge is -2.03. The molecule has 0 rings (SSSR count). The third kappa shape index (κ3) is 9.54. The molecule has 0 heterocycles. The predicted octanol–water partition coefficient (Wildman–Crippen LogP) is 1.82. The summed E-state index contributed by atoms with van der Waals surface area (Å²) in [6.45, 7) is 7.65. The lowest BCUT2D eigenvalue weighted by atomic mass is 10.4. The van der Waals surface area contributed by atoms with Gasteiger partial charge in [-0.2, -0.15) is 0 Å². The van der Waals surface area contributed by atoms with E-state index in [9.17, 15) is 0 Å². The molecule has 1 N–H and O–H groups in total. The van der Waals surface area contributed by atoms with Crippen LogP contribution in [0.25, 0.3) is 0 Å². The van der Waals surface area contributed by atoms with Crippen LogP contribution in [0.5, 0.6) is 0 Å². The molecule has 0 saturated heterocycles. The largest absolute Gasteiger partial charge is 0.315 e. The fraction of sp³-hybridized carbons (Fsp3) is 1.00. The van der Waals surface area contributed by atoms with Crippen LogP contribution in [0, 0.1) is 0 Å². The second kappa shape index (κ2) is 7.25. The zero-order chi connectivity index (χ0) is 5.70. The maximum Gasteiger partial charge on any atom is 0.00103 e. The van der Waals surface area contributed by atoms with Crippen LogP contribution < -0.4 is 5.32 Å². The zero-order valence-electron chi connectivity index (χ0n) is 5.90. The molecule has 8 heavy (non-hydrogen) atoms. The van der Waals surface area contributed by atoms with Crippen molar-refractivity contribution in [3.8, 4) is 0 Å². The summed E-state index contributed by atoms with van der Waals surface area (Å²) in [5.74, 6) is 0. The van der Waals surface area contributed by atoms with Gasteiger partial charge in [-0.3, -0.25) is 0 Å². The Labute approximate surface area is 58.3 Å². The van der Waals surface area contributed by atoms with Crippen LogP contribution in [0.1, 0.15) is 27.2 Å². The highest BCUT2D eigenvalue weighted by molar-refractivity contribution is 5.85. The van der Waals surface area contributed by atoms with Crippen molar-refractivity contribution in [2.75, 3.05) is 6.54 Å². The minimum atomic E-state index is 0. The Balaban J connectivity index is 0. The van der Waals surface area contributed by atoms with Gasteiger partial charge in [0.2, 0.25) is 0 Å². The van der Waals surface area contributed by atoms with Crippen molar-refractivity contribution >= 4 is 12.4 Å². The van der Waals surface area contributed by atoms with Gasteiger partial charge >= 0.3 is 0 Å². The highest BCUT2D eigenvalue weighted by atomic mass is 35.5. The Bertz CT molecular complexity index is 37.5. The van der Waals surface area contributed by atoms with E-state index in [1.165, 1.54) is 6.42 Å². The molecule has 2 heteroatoms. The van der Waals surface area contributed by atoms with Crippen LogP contribution >= 0.6 is 12.4 Å². The molecule has 0 unspecified atom stereocenters. The molecule has 0 fully saturated rings. The van der Waals surface area contributed by atoms with Crippen molar-refractivity contribution in [2.24, 2.45) is 0 Å². The van der Waals surface area contributed by atoms with E-state index in [2.05, 4.69) is 26.1 Å². The molecule has 0 aliphatic heterocycles. The normalized spacial score (nSPS) is 9.00. The van der Waals surface area contributed by atoms with E-state index in [4.69, 9.17) is 0 Å². The van der Waals surface area contributed by atoms with E-state index < -0.39 is 0 Å². The molecule has 1 nitrogen and oxygen atoms in total. The SMILES string of the molecule is CCCNC(C)C.Cl. The van der Waals surface area contributed by atoms with Gasteiger partial charge < -0.3 is 5.32 Å². The zero-order valence-corrected chi connectivity index (χ0v) is 6.72. The number of nitrogens with one attached hydrogen (secondary N) is 1. The van der Waals surface area contributed by atoms with E-state index in [0.717, 1.165) is 6.54 Å². The van der Waals surface area contributed by atoms with E-state index in [1.54, 1.807) is 0 Å². The van der Waals surface area contributed by atoms with Crippen LogP contribution in [-0.4, -0.2) is 12.6 Å². The molecular weight excluding hydrogens is 122 g/mol. The van der Waals surface area contributed by atoms with Crippen LogP contribution in [-0.2, 0) is 0 Å². The van der Waals surface area contributed by atoms with Crippen molar-refractivity contribution < 1.29 is 0 Å². The van der Waals surface area contributed by atoms with Crippen LogP contribution in [0.15, 0.2) is 0 Å². The van der Waals surface area contributed by atoms with E-state index in [-0.39, 0.29) is 12.4 Å². The standard InChI is InChI=1S/C6H15N.ClH/c1-4-5-7-6(2)3;/h6-7H,4-5H2,1-3H3;1H. The third-order valence-electron chi connectivity index (χ3n) is 0.803. The van der Waals surface area contributed by atoms with Gasteiger partial charge in [0.1, 0.15) is 0 Å². The van der Waals surface area contributed by atoms with Crippen molar-refractivity contribution in [2.45, 2.75) is 33.2 Å². The molecule has 0 bridgehead atoms. The fourth-order valence-electron chi connectivity index (χ4n) is 0.433. The maximum atomic E-state index is 3.30. The summed E-state index contributed by atoms with van der Waals surface area (Å²) in [5.41, 5.74) is 0. The van der Waals surface area contributed by atoms with Gasteiger partial charge in [0.25, 0.3) is 0 Å². The molecule has 0 amide bonds. The van der Waals surface area contributed by atoms with Crippen LogP contribution in [0.3, 0.4) is 0 Å². The summed E-state index contributed by atoms with van der Waals surface area (Å²) < 4.78 is 0. The average Bonchev–Trinajstić information content (AvgIpc) is 1.61. The first kappa shape index (κ1) is 11.1. The quantitative estimate of drug-likeness (QED) is 0.626. The summed E-state index contributed by atoms with van der Waals surface area (Å²) in [6, 6.07) is 0.653. The van der Waals surface area contributed by atoms with Crippen molar-refractivity contribution in [3.05, 3.63) is 0 Å².